The summed E-state index contributed by atoms with van der Waals surface area (Å²) in [5, 5.41) is 30.0. The van der Waals surface area contributed by atoms with Gasteiger partial charge in [0.25, 0.3) is 0 Å². The molecule has 3 rings (SSSR count). The van der Waals surface area contributed by atoms with Gasteiger partial charge in [-0.25, -0.2) is 0 Å². The van der Waals surface area contributed by atoms with E-state index >= 15 is 0 Å². The van der Waals surface area contributed by atoms with Crippen molar-refractivity contribution in [3.05, 3.63) is 83.0 Å². The van der Waals surface area contributed by atoms with Gasteiger partial charge in [-0.15, -0.1) is 0 Å². The molecule has 3 N–H and O–H groups in total. The first kappa shape index (κ1) is 20.2. The van der Waals surface area contributed by atoms with Crippen LogP contribution < -0.4 is 0 Å². The van der Waals surface area contributed by atoms with Gasteiger partial charge in [0.1, 0.15) is 11.5 Å². The normalized spacial score (nSPS) is 23.9. The summed E-state index contributed by atoms with van der Waals surface area (Å²) in [6.07, 6.45) is 7.82. The molecular weight excluding hydrogens is 348 g/mol. The van der Waals surface area contributed by atoms with Crippen LogP contribution in [0.5, 0.6) is 11.5 Å². The van der Waals surface area contributed by atoms with Crippen LogP contribution in [0.4, 0.5) is 0 Å². The molecule has 1 aliphatic carbocycles. The molecule has 0 aromatic heterocycles. The predicted molar refractivity (Wildman–Crippen MR) is 114 cm³/mol. The highest BCUT2D eigenvalue weighted by Crippen LogP contribution is 2.42. The fraction of sp³-hybridized carbons (Fsp3) is 0.360. The lowest BCUT2D eigenvalue weighted by Gasteiger charge is -2.38. The molecule has 28 heavy (non-hydrogen) atoms. The van der Waals surface area contributed by atoms with Gasteiger partial charge in [0.2, 0.25) is 0 Å². The van der Waals surface area contributed by atoms with Gasteiger partial charge in [-0.3, -0.25) is 0 Å². The van der Waals surface area contributed by atoms with Crippen LogP contribution in [-0.2, 0) is 11.8 Å². The van der Waals surface area contributed by atoms with Gasteiger partial charge in [-0.05, 0) is 67.2 Å². The molecule has 3 unspecified atom stereocenters. The van der Waals surface area contributed by atoms with E-state index in [1.807, 2.05) is 51.1 Å². The Morgan fingerprint density at radius 3 is 2.36 bits per heavy atom. The van der Waals surface area contributed by atoms with E-state index in [-0.39, 0.29) is 17.1 Å². The van der Waals surface area contributed by atoms with Gasteiger partial charge < -0.3 is 15.3 Å². The zero-order chi connectivity index (χ0) is 20.5. The van der Waals surface area contributed by atoms with Crippen LogP contribution in [0.25, 0.3) is 0 Å². The molecule has 0 heterocycles. The molecule has 0 aliphatic heterocycles. The zero-order valence-electron chi connectivity index (χ0n) is 17.1. The minimum absolute atomic E-state index is 0.0127. The standard InChI is InChI=1S/C25H30O3/c1-17-15-20(7-10-23(17)27)24(3,13-11-19-5-8-22(26)9-6-19)21-12-14-25(4,28)18(2)16-21/h5-10,12,14-16,18,26-28H,11,13H2,1-4H3. The van der Waals surface area contributed by atoms with Crippen molar-refractivity contribution in [1.29, 1.82) is 0 Å². The average molecular weight is 379 g/mol. The summed E-state index contributed by atoms with van der Waals surface area (Å²) >= 11 is 0. The van der Waals surface area contributed by atoms with Gasteiger partial charge >= 0.3 is 0 Å². The molecule has 3 nitrogen and oxygen atoms in total. The van der Waals surface area contributed by atoms with E-state index < -0.39 is 5.60 Å². The van der Waals surface area contributed by atoms with E-state index in [1.165, 1.54) is 11.1 Å². The van der Waals surface area contributed by atoms with Crippen molar-refractivity contribution in [3.63, 3.8) is 0 Å². The van der Waals surface area contributed by atoms with E-state index in [1.54, 1.807) is 18.2 Å². The average Bonchev–Trinajstić information content (AvgIpc) is 2.65. The number of aliphatic hydroxyl groups is 1. The van der Waals surface area contributed by atoms with Crippen LogP contribution in [0.1, 0.15) is 43.9 Å². The number of hydrogen-bond acceptors (Lipinski definition) is 3. The van der Waals surface area contributed by atoms with E-state index in [9.17, 15) is 15.3 Å². The predicted octanol–water partition coefficient (Wildman–Crippen LogP) is 5.18. The topological polar surface area (TPSA) is 60.7 Å². The number of aromatic hydroxyl groups is 2. The third-order valence-electron chi connectivity index (χ3n) is 6.27. The van der Waals surface area contributed by atoms with Crippen molar-refractivity contribution in [2.75, 3.05) is 0 Å². The van der Waals surface area contributed by atoms with Crippen LogP contribution in [-0.4, -0.2) is 20.9 Å². The molecule has 0 saturated heterocycles. The highest BCUT2D eigenvalue weighted by atomic mass is 16.3. The molecule has 0 radical (unpaired) electrons. The third kappa shape index (κ3) is 4.00. The van der Waals surface area contributed by atoms with Crippen molar-refractivity contribution in [2.45, 2.75) is 51.6 Å². The van der Waals surface area contributed by atoms with Gasteiger partial charge in [0, 0.05) is 11.3 Å². The summed E-state index contributed by atoms with van der Waals surface area (Å²) in [6, 6.07) is 13.2. The van der Waals surface area contributed by atoms with Crippen molar-refractivity contribution < 1.29 is 15.3 Å². The van der Waals surface area contributed by atoms with Crippen LogP contribution in [0, 0.1) is 12.8 Å². The molecule has 3 atom stereocenters. The van der Waals surface area contributed by atoms with Crippen molar-refractivity contribution >= 4 is 0 Å². The number of phenols is 2. The maximum Gasteiger partial charge on any atom is 0.118 e. The zero-order valence-corrected chi connectivity index (χ0v) is 17.1. The Morgan fingerprint density at radius 2 is 1.75 bits per heavy atom. The number of rotatable bonds is 5. The van der Waals surface area contributed by atoms with Crippen LogP contribution in [0.2, 0.25) is 0 Å². The lowest BCUT2D eigenvalue weighted by molar-refractivity contribution is 0.0718. The molecule has 2 aromatic carbocycles. The monoisotopic (exact) mass is 378 g/mol. The van der Waals surface area contributed by atoms with Gasteiger partial charge in [-0.2, -0.15) is 0 Å². The third-order valence-corrected chi connectivity index (χ3v) is 6.27. The van der Waals surface area contributed by atoms with Crippen molar-refractivity contribution in [1.82, 2.24) is 0 Å². The van der Waals surface area contributed by atoms with E-state index in [2.05, 4.69) is 19.1 Å². The van der Waals surface area contributed by atoms with Crippen molar-refractivity contribution in [3.8, 4) is 11.5 Å². The van der Waals surface area contributed by atoms with Gasteiger partial charge in [0.05, 0.1) is 5.60 Å². The van der Waals surface area contributed by atoms with Gasteiger partial charge in [0.15, 0.2) is 0 Å². The summed E-state index contributed by atoms with van der Waals surface area (Å²) in [7, 11) is 0. The fourth-order valence-corrected chi connectivity index (χ4v) is 3.78. The fourth-order valence-electron chi connectivity index (χ4n) is 3.78. The summed E-state index contributed by atoms with van der Waals surface area (Å²) in [5.41, 5.74) is 3.24. The Morgan fingerprint density at radius 1 is 1.07 bits per heavy atom. The number of benzene rings is 2. The number of hydrogen-bond donors (Lipinski definition) is 3. The first-order valence-corrected chi connectivity index (χ1v) is 9.84. The molecule has 0 spiro atoms. The maximum absolute atomic E-state index is 10.5. The molecule has 0 amide bonds. The Bertz CT molecular complexity index is 906. The lowest BCUT2D eigenvalue weighted by atomic mass is 9.68. The highest BCUT2D eigenvalue weighted by molar-refractivity contribution is 5.47. The second kappa shape index (κ2) is 7.48. The summed E-state index contributed by atoms with van der Waals surface area (Å²) < 4.78 is 0. The van der Waals surface area contributed by atoms with Crippen molar-refractivity contribution in [2.24, 2.45) is 5.92 Å². The summed E-state index contributed by atoms with van der Waals surface area (Å²) in [6.45, 7) is 8.01. The molecule has 0 fully saturated rings. The first-order valence-electron chi connectivity index (χ1n) is 9.84. The lowest BCUT2D eigenvalue weighted by Crippen LogP contribution is -2.34. The minimum Gasteiger partial charge on any atom is -0.508 e. The Labute approximate surface area is 167 Å². The summed E-state index contributed by atoms with van der Waals surface area (Å²) in [4.78, 5) is 0. The number of phenolic OH excluding ortho intramolecular Hbond substituents is 2. The minimum atomic E-state index is -0.841. The van der Waals surface area contributed by atoms with E-state index in [0.29, 0.717) is 5.75 Å². The Balaban J connectivity index is 1.99. The number of aryl methyl sites for hydroxylation is 2. The van der Waals surface area contributed by atoms with Crippen LogP contribution in [0.15, 0.2) is 66.3 Å². The van der Waals surface area contributed by atoms with E-state index in [4.69, 9.17) is 0 Å². The molecule has 2 aromatic rings. The number of allylic oxidation sites excluding steroid dienone is 2. The smallest absolute Gasteiger partial charge is 0.118 e. The Hall–Kier alpha value is -2.52. The quantitative estimate of drug-likeness (QED) is 0.672. The molecule has 0 saturated carbocycles. The molecule has 0 bridgehead atoms. The van der Waals surface area contributed by atoms with E-state index in [0.717, 1.165) is 24.0 Å². The van der Waals surface area contributed by atoms with Crippen LogP contribution in [0.3, 0.4) is 0 Å². The van der Waals surface area contributed by atoms with Gasteiger partial charge in [-0.1, -0.05) is 56.3 Å². The first-order chi connectivity index (χ1) is 13.1. The molecular formula is C25H30O3. The maximum atomic E-state index is 10.5. The highest BCUT2D eigenvalue weighted by Gasteiger charge is 2.35. The Kier molecular flexibility index (Phi) is 5.40. The van der Waals surface area contributed by atoms with Crippen LogP contribution >= 0.6 is 0 Å². The summed E-state index contributed by atoms with van der Waals surface area (Å²) in [5.74, 6) is 0.586. The second-order valence-corrected chi connectivity index (χ2v) is 8.47. The molecule has 3 heteroatoms. The molecule has 1 aliphatic rings. The largest absolute Gasteiger partial charge is 0.508 e. The SMILES string of the molecule is Cc1cc(C(C)(CCc2ccc(O)cc2)C2=CC(C)C(C)(O)C=C2)ccc1O. The molecule has 148 valence electrons. The second-order valence-electron chi connectivity index (χ2n) is 8.47.